The van der Waals surface area contributed by atoms with Crippen molar-refractivity contribution in [1.29, 1.82) is 0 Å². The third kappa shape index (κ3) is 1.85. The summed E-state index contributed by atoms with van der Waals surface area (Å²) in [5.41, 5.74) is 8.87. The largest absolute Gasteiger partial charge is 0.339 e. The fraction of sp³-hybridized carbons (Fsp3) is 0.357. The van der Waals surface area contributed by atoms with E-state index in [4.69, 9.17) is 4.98 Å². The number of hydrogen-bond acceptors (Lipinski definition) is 5. The van der Waals surface area contributed by atoms with Crippen molar-refractivity contribution < 1.29 is 4.79 Å². The van der Waals surface area contributed by atoms with Gasteiger partial charge < -0.3 is 5.32 Å². The molecular weight excluding hydrogens is 254 g/mol. The monoisotopic (exact) mass is 269 g/mol. The van der Waals surface area contributed by atoms with Crippen LogP contribution in [-0.4, -0.2) is 28.6 Å². The number of hydrogen-bond donors (Lipinski definition) is 3. The van der Waals surface area contributed by atoms with Crippen molar-refractivity contribution in [1.82, 2.24) is 26.1 Å². The molecule has 2 saturated heterocycles. The van der Waals surface area contributed by atoms with E-state index in [1.165, 1.54) is 0 Å². The number of carbonyl (C=O) groups is 1. The van der Waals surface area contributed by atoms with Gasteiger partial charge in [0.25, 0.3) is 0 Å². The molecule has 1 aromatic carbocycles. The van der Waals surface area contributed by atoms with E-state index >= 15 is 0 Å². The predicted octanol–water partition coefficient (Wildman–Crippen LogP) is 0.283. The molecule has 3 unspecified atom stereocenters. The number of aromatic nitrogens is 2. The van der Waals surface area contributed by atoms with Gasteiger partial charge in [-0.25, -0.2) is 10.4 Å². The zero-order chi connectivity index (χ0) is 13.5. The first-order valence-corrected chi connectivity index (χ1v) is 6.81. The molecule has 6 heteroatoms. The lowest BCUT2D eigenvalue weighted by molar-refractivity contribution is -0.124. The summed E-state index contributed by atoms with van der Waals surface area (Å²) < 4.78 is 0. The second-order valence-electron chi connectivity index (χ2n) is 5.33. The average molecular weight is 269 g/mol. The minimum Gasteiger partial charge on any atom is -0.339 e. The molecular formula is C14H15N5O. The third-order valence-corrected chi connectivity index (χ3v) is 4.11. The molecule has 2 aromatic rings. The van der Waals surface area contributed by atoms with Crippen LogP contribution in [0.3, 0.4) is 0 Å². The Bertz CT molecular complexity index is 673. The summed E-state index contributed by atoms with van der Waals surface area (Å²) in [6.07, 6.45) is 2.26. The number of benzene rings is 1. The summed E-state index contributed by atoms with van der Waals surface area (Å²) in [6.45, 7) is 0.824. The van der Waals surface area contributed by atoms with Gasteiger partial charge in [0.15, 0.2) is 0 Å². The highest BCUT2D eigenvalue weighted by atomic mass is 16.2. The Hall–Kier alpha value is -2.05. The van der Waals surface area contributed by atoms with Crippen molar-refractivity contribution in [3.05, 3.63) is 36.2 Å². The third-order valence-electron chi connectivity index (χ3n) is 4.11. The molecule has 2 aliphatic rings. The lowest BCUT2D eigenvalue weighted by atomic mass is 9.82. The minimum atomic E-state index is -0.0190. The van der Waals surface area contributed by atoms with Crippen molar-refractivity contribution in [2.45, 2.75) is 18.5 Å². The van der Waals surface area contributed by atoms with E-state index in [9.17, 15) is 4.79 Å². The van der Waals surface area contributed by atoms with Gasteiger partial charge in [-0.15, -0.1) is 0 Å². The molecule has 0 radical (unpaired) electrons. The highest BCUT2D eigenvalue weighted by Gasteiger charge is 2.41. The van der Waals surface area contributed by atoms with Crippen molar-refractivity contribution in [2.24, 2.45) is 5.92 Å². The summed E-state index contributed by atoms with van der Waals surface area (Å²) in [4.78, 5) is 21.0. The van der Waals surface area contributed by atoms with Crippen molar-refractivity contribution in [3.8, 4) is 0 Å². The molecule has 20 heavy (non-hydrogen) atoms. The van der Waals surface area contributed by atoms with Gasteiger partial charge in [0.05, 0.1) is 22.9 Å². The smallest absolute Gasteiger partial charge is 0.221 e. The molecule has 1 amide bonds. The lowest BCUT2D eigenvalue weighted by Gasteiger charge is -2.32. The zero-order valence-corrected chi connectivity index (χ0v) is 10.8. The quantitative estimate of drug-likeness (QED) is 0.693. The van der Waals surface area contributed by atoms with E-state index < -0.39 is 0 Å². The summed E-state index contributed by atoms with van der Waals surface area (Å²) in [5, 5.41) is 2.95. The van der Waals surface area contributed by atoms with E-state index in [0.717, 1.165) is 23.3 Å². The van der Waals surface area contributed by atoms with Gasteiger partial charge in [0, 0.05) is 31.0 Å². The SMILES string of the molecule is O=C1CC(c2cnc3ccccc3n2)C2CNNC2N1. The van der Waals surface area contributed by atoms with E-state index in [-0.39, 0.29) is 18.0 Å². The Morgan fingerprint density at radius 1 is 1.20 bits per heavy atom. The predicted molar refractivity (Wildman–Crippen MR) is 73.5 cm³/mol. The number of para-hydroxylation sites is 2. The second-order valence-corrected chi connectivity index (χ2v) is 5.33. The number of amides is 1. The van der Waals surface area contributed by atoms with Crippen LogP contribution >= 0.6 is 0 Å². The number of nitrogens with one attached hydrogen (secondary N) is 3. The van der Waals surface area contributed by atoms with E-state index in [1.807, 2.05) is 24.3 Å². The number of fused-ring (bicyclic) bond motifs is 2. The van der Waals surface area contributed by atoms with Crippen molar-refractivity contribution in [3.63, 3.8) is 0 Å². The molecule has 3 heterocycles. The number of piperidine rings is 1. The fourth-order valence-electron chi connectivity index (χ4n) is 3.09. The van der Waals surface area contributed by atoms with E-state index in [2.05, 4.69) is 21.2 Å². The number of hydrazine groups is 1. The molecule has 1 aromatic heterocycles. The molecule has 3 N–H and O–H groups in total. The summed E-state index contributed by atoms with van der Waals surface area (Å²) in [6, 6.07) is 7.81. The van der Waals surface area contributed by atoms with Crippen LogP contribution in [0.5, 0.6) is 0 Å². The van der Waals surface area contributed by atoms with Crippen LogP contribution in [0.2, 0.25) is 0 Å². The van der Waals surface area contributed by atoms with Crippen molar-refractivity contribution in [2.75, 3.05) is 6.54 Å². The number of rotatable bonds is 1. The van der Waals surface area contributed by atoms with Crippen LogP contribution in [0.4, 0.5) is 0 Å². The topological polar surface area (TPSA) is 78.9 Å². The normalized spacial score (nSPS) is 29.2. The lowest BCUT2D eigenvalue weighted by Crippen LogP contribution is -2.52. The Morgan fingerprint density at radius 3 is 2.95 bits per heavy atom. The Labute approximate surface area is 116 Å². The summed E-state index contributed by atoms with van der Waals surface area (Å²) in [7, 11) is 0. The fourth-order valence-corrected chi connectivity index (χ4v) is 3.09. The highest BCUT2D eigenvalue weighted by molar-refractivity contribution is 5.79. The van der Waals surface area contributed by atoms with Gasteiger partial charge in [-0.1, -0.05) is 12.1 Å². The zero-order valence-electron chi connectivity index (χ0n) is 10.8. The van der Waals surface area contributed by atoms with E-state index in [1.54, 1.807) is 6.20 Å². The van der Waals surface area contributed by atoms with Crippen LogP contribution in [-0.2, 0) is 4.79 Å². The summed E-state index contributed by atoms with van der Waals surface area (Å²) >= 11 is 0. The van der Waals surface area contributed by atoms with Gasteiger partial charge in [0.2, 0.25) is 5.91 Å². The molecule has 4 rings (SSSR count). The first-order chi connectivity index (χ1) is 9.81. The molecule has 2 fully saturated rings. The first-order valence-electron chi connectivity index (χ1n) is 6.81. The number of nitrogens with zero attached hydrogens (tertiary/aromatic N) is 2. The maximum absolute atomic E-state index is 11.8. The molecule has 3 atom stereocenters. The van der Waals surface area contributed by atoms with Gasteiger partial charge in [0.1, 0.15) is 0 Å². The van der Waals surface area contributed by atoms with Crippen LogP contribution in [0, 0.1) is 5.92 Å². The molecule has 6 nitrogen and oxygen atoms in total. The van der Waals surface area contributed by atoms with Crippen LogP contribution < -0.4 is 16.2 Å². The minimum absolute atomic E-state index is 0.0190. The molecule has 0 bridgehead atoms. The maximum Gasteiger partial charge on any atom is 0.221 e. The standard InChI is InChI=1S/C14H15N5O/c20-13-5-8(9-6-16-19-14(9)18-13)12-7-15-10-3-1-2-4-11(10)17-12/h1-4,7-9,14,16,19H,5-6H2,(H,18,20). The van der Waals surface area contributed by atoms with Gasteiger partial charge in [-0.05, 0) is 12.1 Å². The molecule has 102 valence electrons. The second kappa shape index (κ2) is 4.50. The van der Waals surface area contributed by atoms with Crippen molar-refractivity contribution >= 4 is 16.9 Å². The summed E-state index contributed by atoms with van der Waals surface area (Å²) in [5.74, 6) is 0.471. The molecule has 0 saturated carbocycles. The average Bonchev–Trinajstić information content (AvgIpc) is 2.94. The Balaban J connectivity index is 1.75. The highest BCUT2D eigenvalue weighted by Crippen LogP contribution is 2.33. The van der Waals surface area contributed by atoms with E-state index in [0.29, 0.717) is 12.3 Å². The molecule has 0 aliphatic carbocycles. The molecule has 2 aliphatic heterocycles. The van der Waals surface area contributed by atoms with Gasteiger partial charge in [-0.3, -0.25) is 15.2 Å². The van der Waals surface area contributed by atoms with Crippen LogP contribution in [0.1, 0.15) is 18.0 Å². The molecule has 0 spiro atoms. The number of carbonyl (C=O) groups excluding carboxylic acids is 1. The Morgan fingerprint density at radius 2 is 2.05 bits per heavy atom. The van der Waals surface area contributed by atoms with Crippen LogP contribution in [0.15, 0.2) is 30.5 Å². The van der Waals surface area contributed by atoms with Crippen LogP contribution in [0.25, 0.3) is 11.0 Å². The van der Waals surface area contributed by atoms with Gasteiger partial charge in [-0.2, -0.15) is 0 Å². The van der Waals surface area contributed by atoms with Gasteiger partial charge >= 0.3 is 0 Å². The Kier molecular flexibility index (Phi) is 2.64. The first kappa shape index (κ1) is 11.7. The maximum atomic E-state index is 11.8.